The van der Waals surface area contributed by atoms with Gasteiger partial charge in [0.15, 0.2) is 0 Å². The predicted octanol–water partition coefficient (Wildman–Crippen LogP) is -0.104. The van der Waals surface area contributed by atoms with E-state index in [1.54, 1.807) is 0 Å². The number of benzene rings is 1. The summed E-state index contributed by atoms with van der Waals surface area (Å²) in [6.45, 7) is 0. The second-order valence-corrected chi connectivity index (χ2v) is 5.52. The van der Waals surface area contributed by atoms with E-state index in [2.05, 4.69) is 14.8 Å². The van der Waals surface area contributed by atoms with Gasteiger partial charge in [0.2, 0.25) is 5.95 Å². The highest BCUT2D eigenvalue weighted by Gasteiger charge is 2.24. The van der Waals surface area contributed by atoms with E-state index in [0.29, 0.717) is 0 Å². The zero-order valence-corrected chi connectivity index (χ0v) is 11.1. The van der Waals surface area contributed by atoms with E-state index in [1.165, 1.54) is 17.8 Å². The topological polar surface area (TPSA) is 140 Å². The maximum atomic E-state index is 12.2. The normalized spacial score (nSPS) is 11.2. The number of aromatic nitrogens is 3. The minimum atomic E-state index is -4.14. The van der Waals surface area contributed by atoms with E-state index >= 15 is 0 Å². The molecule has 0 unspecified atom stereocenters. The number of aromatic carboxylic acids is 1. The quantitative estimate of drug-likeness (QED) is 0.669. The third-order valence-electron chi connectivity index (χ3n) is 2.46. The van der Waals surface area contributed by atoms with Crippen LogP contribution in [0.5, 0.6) is 0 Å². The van der Waals surface area contributed by atoms with Gasteiger partial charge >= 0.3 is 5.97 Å². The Balaban J connectivity index is 2.52. The number of nitrogen functional groups attached to an aromatic ring is 1. The summed E-state index contributed by atoms with van der Waals surface area (Å²) >= 11 is 0. The molecule has 2 rings (SSSR count). The first-order chi connectivity index (χ1) is 9.31. The Morgan fingerprint density at radius 1 is 1.45 bits per heavy atom. The van der Waals surface area contributed by atoms with E-state index < -0.39 is 20.9 Å². The van der Waals surface area contributed by atoms with E-state index in [9.17, 15) is 13.2 Å². The van der Waals surface area contributed by atoms with Crippen LogP contribution in [0.3, 0.4) is 0 Å². The van der Waals surface area contributed by atoms with E-state index in [4.69, 9.17) is 10.8 Å². The Labute approximate surface area is 114 Å². The Bertz CT molecular complexity index is 768. The molecule has 106 valence electrons. The lowest BCUT2D eigenvalue weighted by molar-refractivity contribution is 0.0692. The third kappa shape index (κ3) is 2.54. The van der Waals surface area contributed by atoms with Gasteiger partial charge in [-0.2, -0.15) is 10.1 Å². The SMILES string of the molecule is Cn1ncnc1NS(=O)(=O)c1cc(N)ccc1C(=O)O. The average Bonchev–Trinajstić information content (AvgIpc) is 2.74. The Morgan fingerprint density at radius 3 is 2.70 bits per heavy atom. The van der Waals surface area contributed by atoms with Gasteiger partial charge in [0.1, 0.15) is 11.2 Å². The molecular weight excluding hydrogens is 286 g/mol. The van der Waals surface area contributed by atoms with Crippen LogP contribution < -0.4 is 10.5 Å². The fourth-order valence-electron chi connectivity index (χ4n) is 1.50. The molecule has 0 fully saturated rings. The molecule has 0 aliphatic rings. The van der Waals surface area contributed by atoms with Gasteiger partial charge in [-0.25, -0.2) is 22.6 Å². The number of rotatable bonds is 4. The molecular formula is C10H11N5O4S. The molecule has 1 aromatic carbocycles. The second kappa shape index (κ2) is 4.81. The third-order valence-corrected chi connectivity index (χ3v) is 3.83. The number of hydrogen-bond acceptors (Lipinski definition) is 6. The zero-order chi connectivity index (χ0) is 14.9. The zero-order valence-electron chi connectivity index (χ0n) is 10.3. The monoisotopic (exact) mass is 297 g/mol. The number of nitrogens with zero attached hydrogens (tertiary/aromatic N) is 3. The van der Waals surface area contributed by atoms with Crippen LogP contribution in [0.4, 0.5) is 11.6 Å². The van der Waals surface area contributed by atoms with Gasteiger partial charge < -0.3 is 10.8 Å². The summed E-state index contributed by atoms with van der Waals surface area (Å²) in [4.78, 5) is 14.4. The fourth-order valence-corrected chi connectivity index (χ4v) is 2.77. The lowest BCUT2D eigenvalue weighted by Crippen LogP contribution is -2.19. The number of hydrogen-bond donors (Lipinski definition) is 3. The maximum Gasteiger partial charge on any atom is 0.337 e. The van der Waals surface area contributed by atoms with Gasteiger partial charge in [0.25, 0.3) is 10.0 Å². The highest BCUT2D eigenvalue weighted by atomic mass is 32.2. The largest absolute Gasteiger partial charge is 0.478 e. The summed E-state index contributed by atoms with van der Waals surface area (Å²) in [7, 11) is -2.65. The second-order valence-electron chi connectivity index (χ2n) is 3.87. The smallest absolute Gasteiger partial charge is 0.337 e. The van der Waals surface area contributed by atoms with Crippen molar-refractivity contribution in [1.82, 2.24) is 14.8 Å². The number of nitrogens with two attached hydrogens (primary N) is 1. The van der Waals surface area contributed by atoms with Crippen LogP contribution in [-0.2, 0) is 17.1 Å². The molecule has 0 aliphatic heterocycles. The molecule has 0 saturated carbocycles. The van der Waals surface area contributed by atoms with E-state index in [1.807, 2.05) is 0 Å². The van der Waals surface area contributed by atoms with Crippen LogP contribution in [0.25, 0.3) is 0 Å². The molecule has 0 bridgehead atoms. The highest BCUT2D eigenvalue weighted by Crippen LogP contribution is 2.21. The lowest BCUT2D eigenvalue weighted by atomic mass is 10.2. The van der Waals surface area contributed by atoms with Crippen LogP contribution in [0.15, 0.2) is 29.4 Å². The lowest BCUT2D eigenvalue weighted by Gasteiger charge is -2.10. The van der Waals surface area contributed by atoms with Crippen molar-refractivity contribution in [3.8, 4) is 0 Å². The van der Waals surface area contributed by atoms with E-state index in [-0.39, 0.29) is 17.2 Å². The van der Waals surface area contributed by atoms with Gasteiger partial charge in [-0.15, -0.1) is 0 Å². The van der Waals surface area contributed by atoms with Crippen molar-refractivity contribution >= 4 is 27.6 Å². The predicted molar refractivity (Wildman–Crippen MR) is 69.6 cm³/mol. The van der Waals surface area contributed by atoms with Gasteiger partial charge in [-0.05, 0) is 18.2 Å². The molecule has 4 N–H and O–H groups in total. The number of anilines is 2. The molecule has 0 aliphatic carbocycles. The van der Waals surface area contributed by atoms with Crippen molar-refractivity contribution in [2.24, 2.45) is 7.05 Å². The summed E-state index contributed by atoms with van der Waals surface area (Å²) in [6, 6.07) is 3.51. The van der Waals surface area contributed by atoms with Gasteiger partial charge in [-0.3, -0.25) is 0 Å². The molecule has 0 atom stereocenters. The van der Waals surface area contributed by atoms with Crippen molar-refractivity contribution < 1.29 is 18.3 Å². The molecule has 0 saturated heterocycles. The number of carbonyl (C=O) groups is 1. The van der Waals surface area contributed by atoms with Crippen LogP contribution in [0, 0.1) is 0 Å². The summed E-state index contributed by atoms with van der Waals surface area (Å²) in [5.41, 5.74) is 5.26. The maximum absolute atomic E-state index is 12.2. The van der Waals surface area contributed by atoms with E-state index in [0.717, 1.165) is 18.5 Å². The molecule has 1 aromatic heterocycles. The first-order valence-corrected chi connectivity index (χ1v) is 6.79. The number of aryl methyl sites for hydroxylation is 1. The average molecular weight is 297 g/mol. The van der Waals surface area contributed by atoms with Gasteiger partial charge in [0, 0.05) is 12.7 Å². The molecule has 1 heterocycles. The molecule has 2 aromatic rings. The summed E-state index contributed by atoms with van der Waals surface area (Å²) < 4.78 is 27.8. The molecule has 9 nitrogen and oxygen atoms in total. The van der Waals surface area contributed by atoms with Gasteiger partial charge in [0.05, 0.1) is 5.56 Å². The molecule has 10 heteroatoms. The summed E-state index contributed by atoms with van der Waals surface area (Å²) in [6.07, 6.45) is 1.16. The Kier molecular flexibility index (Phi) is 3.32. The summed E-state index contributed by atoms with van der Waals surface area (Å²) in [5, 5.41) is 12.7. The van der Waals surface area contributed by atoms with Gasteiger partial charge in [-0.1, -0.05) is 0 Å². The van der Waals surface area contributed by atoms with Crippen molar-refractivity contribution in [2.75, 3.05) is 10.5 Å². The van der Waals surface area contributed by atoms with Crippen LogP contribution in [-0.4, -0.2) is 34.3 Å². The highest BCUT2D eigenvalue weighted by molar-refractivity contribution is 7.92. The van der Waals surface area contributed by atoms with Crippen molar-refractivity contribution in [3.05, 3.63) is 30.1 Å². The van der Waals surface area contributed by atoms with Crippen LogP contribution in [0.1, 0.15) is 10.4 Å². The molecule has 0 radical (unpaired) electrons. The molecule has 0 amide bonds. The summed E-state index contributed by atoms with van der Waals surface area (Å²) in [5.74, 6) is -1.41. The Morgan fingerprint density at radius 2 is 2.15 bits per heavy atom. The number of sulfonamides is 1. The minimum absolute atomic E-state index is 0.0382. The standard InChI is InChI=1S/C10H11N5O4S/c1-15-10(12-5-13-15)14-20(18,19)8-4-6(11)2-3-7(8)9(16)17/h2-5H,11H2,1H3,(H,16,17)(H,12,13,14). The first-order valence-electron chi connectivity index (χ1n) is 5.31. The number of nitrogens with one attached hydrogen (secondary N) is 1. The fraction of sp³-hybridized carbons (Fsp3) is 0.100. The van der Waals surface area contributed by atoms with Crippen molar-refractivity contribution in [2.45, 2.75) is 4.90 Å². The van der Waals surface area contributed by atoms with Crippen molar-refractivity contribution in [1.29, 1.82) is 0 Å². The first kappa shape index (κ1) is 13.8. The Hall–Kier alpha value is -2.62. The van der Waals surface area contributed by atoms with Crippen molar-refractivity contribution in [3.63, 3.8) is 0 Å². The van der Waals surface area contributed by atoms with Crippen LogP contribution in [0.2, 0.25) is 0 Å². The van der Waals surface area contributed by atoms with Crippen LogP contribution >= 0.6 is 0 Å². The minimum Gasteiger partial charge on any atom is -0.478 e. The number of carboxylic acids is 1. The molecule has 20 heavy (non-hydrogen) atoms. The number of carboxylic acid groups (broad SMARTS) is 1. The molecule has 0 spiro atoms.